The minimum absolute atomic E-state index is 0.267. The van der Waals surface area contributed by atoms with Gasteiger partial charge >= 0.3 is 0 Å². The van der Waals surface area contributed by atoms with Gasteiger partial charge in [0.05, 0.1) is 11.8 Å². The molecule has 0 radical (unpaired) electrons. The van der Waals surface area contributed by atoms with E-state index in [0.29, 0.717) is 18.6 Å². The van der Waals surface area contributed by atoms with E-state index in [9.17, 15) is 0 Å². The SMILES string of the molecule is CC(C)CC(C)OCc1cc(CNC2CC2)no1. The first kappa shape index (κ1) is 13.6. The van der Waals surface area contributed by atoms with E-state index in [1.807, 2.05) is 6.07 Å². The number of nitrogens with zero attached hydrogens (tertiary/aromatic N) is 1. The first-order valence-corrected chi connectivity index (χ1v) is 6.93. The van der Waals surface area contributed by atoms with Crippen LogP contribution in [0.25, 0.3) is 0 Å². The van der Waals surface area contributed by atoms with Crippen molar-refractivity contribution in [1.29, 1.82) is 0 Å². The Kier molecular flexibility index (Phi) is 4.78. The first-order chi connectivity index (χ1) is 8.63. The molecule has 1 aromatic rings. The van der Waals surface area contributed by atoms with Crippen molar-refractivity contribution < 1.29 is 9.26 Å². The predicted octanol–water partition coefficient (Wildman–Crippen LogP) is 2.88. The molecule has 4 heteroatoms. The molecule has 1 unspecified atom stereocenters. The summed E-state index contributed by atoms with van der Waals surface area (Å²) in [6, 6.07) is 2.68. The summed E-state index contributed by atoms with van der Waals surface area (Å²) in [6.07, 6.45) is 3.92. The molecule has 102 valence electrons. The molecule has 2 rings (SSSR count). The Bertz CT molecular complexity index is 358. The van der Waals surface area contributed by atoms with E-state index in [2.05, 4.69) is 31.2 Å². The molecule has 0 amide bonds. The normalized spacial score (nSPS) is 17.3. The van der Waals surface area contributed by atoms with Gasteiger partial charge in [-0.05, 0) is 32.1 Å². The summed E-state index contributed by atoms with van der Waals surface area (Å²) in [5.41, 5.74) is 0.969. The summed E-state index contributed by atoms with van der Waals surface area (Å²) in [6.45, 7) is 7.83. The average molecular weight is 252 g/mol. The van der Waals surface area contributed by atoms with Crippen molar-refractivity contribution in [3.8, 4) is 0 Å². The number of hydrogen-bond donors (Lipinski definition) is 1. The van der Waals surface area contributed by atoms with E-state index in [-0.39, 0.29) is 6.10 Å². The van der Waals surface area contributed by atoms with Crippen molar-refractivity contribution in [3.05, 3.63) is 17.5 Å². The van der Waals surface area contributed by atoms with Crippen LogP contribution in [0.3, 0.4) is 0 Å². The quantitative estimate of drug-likeness (QED) is 0.773. The topological polar surface area (TPSA) is 47.3 Å². The molecule has 0 aliphatic heterocycles. The molecule has 1 fully saturated rings. The molecule has 4 nitrogen and oxygen atoms in total. The van der Waals surface area contributed by atoms with Gasteiger partial charge in [-0.2, -0.15) is 0 Å². The van der Waals surface area contributed by atoms with Gasteiger partial charge in [-0.15, -0.1) is 0 Å². The lowest BCUT2D eigenvalue weighted by Gasteiger charge is -2.13. The van der Waals surface area contributed by atoms with Gasteiger partial charge < -0.3 is 14.6 Å². The molecule has 1 atom stereocenters. The average Bonchev–Trinajstić information content (AvgIpc) is 3.02. The van der Waals surface area contributed by atoms with Crippen molar-refractivity contribution in [3.63, 3.8) is 0 Å². The van der Waals surface area contributed by atoms with Crippen LogP contribution in [-0.2, 0) is 17.9 Å². The maximum atomic E-state index is 5.74. The third-order valence-electron chi connectivity index (χ3n) is 3.07. The fourth-order valence-electron chi connectivity index (χ4n) is 2.00. The minimum Gasteiger partial charge on any atom is -0.370 e. The summed E-state index contributed by atoms with van der Waals surface area (Å²) in [5, 5.41) is 7.45. The predicted molar refractivity (Wildman–Crippen MR) is 70.1 cm³/mol. The largest absolute Gasteiger partial charge is 0.370 e. The highest BCUT2D eigenvalue weighted by Gasteiger charge is 2.20. The highest BCUT2D eigenvalue weighted by molar-refractivity contribution is 5.04. The van der Waals surface area contributed by atoms with Gasteiger partial charge in [0, 0.05) is 18.7 Å². The van der Waals surface area contributed by atoms with E-state index in [1.165, 1.54) is 12.8 Å². The summed E-state index contributed by atoms with van der Waals surface area (Å²) >= 11 is 0. The molecule has 1 aromatic heterocycles. The Hall–Kier alpha value is -0.870. The number of aromatic nitrogens is 1. The third kappa shape index (κ3) is 4.78. The number of ether oxygens (including phenoxy) is 1. The monoisotopic (exact) mass is 252 g/mol. The molecule has 0 saturated heterocycles. The van der Waals surface area contributed by atoms with E-state index in [1.54, 1.807) is 0 Å². The number of nitrogens with one attached hydrogen (secondary N) is 1. The summed E-state index contributed by atoms with van der Waals surface area (Å²) in [7, 11) is 0. The second kappa shape index (κ2) is 6.34. The van der Waals surface area contributed by atoms with Crippen LogP contribution in [0.1, 0.15) is 51.5 Å². The fraction of sp³-hybridized carbons (Fsp3) is 0.786. The molecular formula is C14H24N2O2. The molecule has 1 saturated carbocycles. The van der Waals surface area contributed by atoms with Gasteiger partial charge in [0.15, 0.2) is 5.76 Å². The van der Waals surface area contributed by atoms with E-state index >= 15 is 0 Å². The third-order valence-corrected chi connectivity index (χ3v) is 3.07. The van der Waals surface area contributed by atoms with Crippen molar-refractivity contribution >= 4 is 0 Å². The van der Waals surface area contributed by atoms with Gasteiger partial charge in [-0.3, -0.25) is 0 Å². The first-order valence-electron chi connectivity index (χ1n) is 6.93. The van der Waals surface area contributed by atoms with E-state index in [0.717, 1.165) is 24.4 Å². The lowest BCUT2D eigenvalue weighted by atomic mass is 10.1. The van der Waals surface area contributed by atoms with Crippen molar-refractivity contribution in [2.24, 2.45) is 5.92 Å². The fourth-order valence-corrected chi connectivity index (χ4v) is 2.00. The minimum atomic E-state index is 0.267. The van der Waals surface area contributed by atoms with Crippen LogP contribution < -0.4 is 5.32 Å². The number of hydrogen-bond acceptors (Lipinski definition) is 4. The molecule has 1 aliphatic rings. The Morgan fingerprint density at radius 2 is 2.22 bits per heavy atom. The molecule has 1 aliphatic carbocycles. The van der Waals surface area contributed by atoms with Crippen LogP contribution in [0, 0.1) is 5.92 Å². The zero-order valence-corrected chi connectivity index (χ0v) is 11.6. The molecular weight excluding hydrogens is 228 g/mol. The molecule has 0 spiro atoms. The van der Waals surface area contributed by atoms with Crippen LogP contribution >= 0.6 is 0 Å². The molecule has 0 bridgehead atoms. The Labute approximate surface area is 109 Å². The standard InChI is InChI=1S/C14H24N2O2/c1-10(2)6-11(3)17-9-14-7-13(16-18-14)8-15-12-4-5-12/h7,10-12,15H,4-6,8-9H2,1-3H3. The lowest BCUT2D eigenvalue weighted by molar-refractivity contribution is 0.0277. The van der Waals surface area contributed by atoms with Crippen molar-refractivity contribution in [2.75, 3.05) is 0 Å². The lowest BCUT2D eigenvalue weighted by Crippen LogP contribution is -2.15. The van der Waals surface area contributed by atoms with Crippen LogP contribution in [0.15, 0.2) is 10.6 Å². The second-order valence-corrected chi connectivity index (χ2v) is 5.69. The molecule has 0 aromatic carbocycles. The maximum absolute atomic E-state index is 5.74. The maximum Gasteiger partial charge on any atom is 0.162 e. The Morgan fingerprint density at radius 1 is 1.44 bits per heavy atom. The van der Waals surface area contributed by atoms with Gasteiger partial charge in [0.25, 0.3) is 0 Å². The highest BCUT2D eigenvalue weighted by atomic mass is 16.5. The van der Waals surface area contributed by atoms with Gasteiger partial charge in [-0.1, -0.05) is 19.0 Å². The second-order valence-electron chi connectivity index (χ2n) is 5.69. The van der Waals surface area contributed by atoms with Crippen LogP contribution in [0.5, 0.6) is 0 Å². The molecule has 1 N–H and O–H groups in total. The van der Waals surface area contributed by atoms with Crippen LogP contribution in [-0.4, -0.2) is 17.3 Å². The van der Waals surface area contributed by atoms with E-state index in [4.69, 9.17) is 9.26 Å². The Morgan fingerprint density at radius 3 is 2.89 bits per heavy atom. The molecule has 1 heterocycles. The highest BCUT2D eigenvalue weighted by Crippen LogP contribution is 2.19. The van der Waals surface area contributed by atoms with Gasteiger partial charge in [0.1, 0.15) is 6.61 Å². The summed E-state index contributed by atoms with van der Waals surface area (Å²) in [4.78, 5) is 0. The number of rotatable bonds is 8. The summed E-state index contributed by atoms with van der Waals surface area (Å²) in [5.74, 6) is 1.48. The van der Waals surface area contributed by atoms with Crippen LogP contribution in [0.4, 0.5) is 0 Å². The molecule has 18 heavy (non-hydrogen) atoms. The van der Waals surface area contributed by atoms with Crippen molar-refractivity contribution in [1.82, 2.24) is 10.5 Å². The zero-order valence-electron chi connectivity index (χ0n) is 11.6. The van der Waals surface area contributed by atoms with Crippen molar-refractivity contribution in [2.45, 2.75) is 65.3 Å². The van der Waals surface area contributed by atoms with Crippen LogP contribution in [0.2, 0.25) is 0 Å². The van der Waals surface area contributed by atoms with E-state index < -0.39 is 0 Å². The smallest absolute Gasteiger partial charge is 0.162 e. The summed E-state index contributed by atoms with van der Waals surface area (Å²) < 4.78 is 11.0. The zero-order chi connectivity index (χ0) is 13.0. The van der Waals surface area contributed by atoms with Gasteiger partial charge in [-0.25, -0.2) is 0 Å². The van der Waals surface area contributed by atoms with Gasteiger partial charge in [0.2, 0.25) is 0 Å². The Balaban J connectivity index is 1.68.